The summed E-state index contributed by atoms with van der Waals surface area (Å²) in [5.74, 6) is 0.0306. The van der Waals surface area contributed by atoms with Crippen molar-refractivity contribution in [2.75, 3.05) is 12.9 Å². The third-order valence-electron chi connectivity index (χ3n) is 3.92. The van der Waals surface area contributed by atoms with Crippen LogP contribution in [0.1, 0.15) is 40.0 Å². The lowest BCUT2D eigenvalue weighted by atomic mass is 9.82. The molecular formula is C13H21NO3S. The lowest BCUT2D eigenvalue weighted by Crippen LogP contribution is -2.56. The van der Waals surface area contributed by atoms with Crippen LogP contribution >= 0.6 is 11.8 Å². The molecule has 2 unspecified atom stereocenters. The van der Waals surface area contributed by atoms with Crippen LogP contribution in [0.3, 0.4) is 0 Å². The number of nitrogens with zero attached hydrogens (tertiary/aromatic N) is 1. The average Bonchev–Trinajstić information content (AvgIpc) is 2.82. The van der Waals surface area contributed by atoms with E-state index in [1.54, 1.807) is 11.8 Å². The zero-order valence-corrected chi connectivity index (χ0v) is 12.3. The number of esters is 1. The first kappa shape index (κ1) is 13.7. The molecule has 0 spiro atoms. The van der Waals surface area contributed by atoms with Crippen molar-refractivity contribution in [3.05, 3.63) is 0 Å². The van der Waals surface area contributed by atoms with E-state index in [0.717, 1.165) is 18.6 Å². The number of carbonyl (C=O) groups excluding carboxylic acids is 1. The van der Waals surface area contributed by atoms with Crippen LogP contribution in [0.15, 0.2) is 5.16 Å². The minimum absolute atomic E-state index is 0.253. The molecule has 5 heteroatoms. The summed E-state index contributed by atoms with van der Waals surface area (Å²) in [4.78, 5) is 18.0. The summed E-state index contributed by atoms with van der Waals surface area (Å²) in [5, 5.41) is 4.23. The first-order valence-corrected chi connectivity index (χ1v) is 7.75. The van der Waals surface area contributed by atoms with Crippen molar-refractivity contribution in [1.29, 1.82) is 0 Å². The molecule has 0 bridgehead atoms. The van der Waals surface area contributed by atoms with Crippen molar-refractivity contribution in [2.45, 2.75) is 50.4 Å². The van der Waals surface area contributed by atoms with E-state index in [9.17, 15) is 4.79 Å². The molecule has 1 aliphatic carbocycles. The molecule has 0 radical (unpaired) electrons. The van der Waals surface area contributed by atoms with Gasteiger partial charge in [0.1, 0.15) is 4.75 Å². The summed E-state index contributed by atoms with van der Waals surface area (Å²) in [6, 6.07) is 0. The molecule has 0 amide bonds. The highest BCUT2D eigenvalue weighted by atomic mass is 32.2. The smallest absolute Gasteiger partial charge is 0.355 e. The maximum atomic E-state index is 12.3. The van der Waals surface area contributed by atoms with Gasteiger partial charge < -0.3 is 9.57 Å². The van der Waals surface area contributed by atoms with Crippen LogP contribution in [0.5, 0.6) is 0 Å². The minimum Gasteiger partial charge on any atom is -0.463 e. The number of hydrogen-bond acceptors (Lipinski definition) is 5. The predicted octanol–water partition coefficient (Wildman–Crippen LogP) is 2.62. The maximum absolute atomic E-state index is 12.3. The van der Waals surface area contributed by atoms with Crippen LogP contribution in [-0.4, -0.2) is 34.9 Å². The third-order valence-corrected chi connectivity index (χ3v) is 5.36. The van der Waals surface area contributed by atoms with Gasteiger partial charge >= 0.3 is 5.97 Å². The quantitative estimate of drug-likeness (QED) is 0.737. The van der Waals surface area contributed by atoms with Crippen LogP contribution in [0.4, 0.5) is 0 Å². The van der Waals surface area contributed by atoms with Crippen molar-refractivity contribution in [3.8, 4) is 0 Å². The maximum Gasteiger partial charge on any atom is 0.355 e. The Hall–Kier alpha value is -0.710. The van der Waals surface area contributed by atoms with Crippen molar-refractivity contribution in [3.63, 3.8) is 0 Å². The van der Waals surface area contributed by atoms with E-state index in [-0.39, 0.29) is 16.6 Å². The van der Waals surface area contributed by atoms with E-state index in [2.05, 4.69) is 19.0 Å². The molecule has 2 atom stereocenters. The van der Waals surface area contributed by atoms with E-state index in [1.165, 1.54) is 0 Å². The molecule has 102 valence electrons. The third kappa shape index (κ3) is 1.59. The number of oxime groups is 1. The molecule has 1 saturated carbocycles. The topological polar surface area (TPSA) is 47.9 Å². The fourth-order valence-corrected chi connectivity index (χ4v) is 4.52. The lowest BCUT2D eigenvalue weighted by Gasteiger charge is -2.35. The highest BCUT2D eigenvalue weighted by molar-refractivity contribution is 8.00. The molecule has 0 aromatic carbocycles. The number of hydrogen-bond donors (Lipinski definition) is 0. The highest BCUT2D eigenvalue weighted by Gasteiger charge is 2.69. The van der Waals surface area contributed by atoms with Crippen molar-refractivity contribution in [2.24, 2.45) is 11.1 Å². The second-order valence-electron chi connectivity index (χ2n) is 5.15. The number of rotatable bonds is 4. The zero-order valence-electron chi connectivity index (χ0n) is 11.5. The molecule has 0 N–H and O–H groups in total. The average molecular weight is 271 g/mol. The Bertz CT molecular complexity index is 382. The normalized spacial score (nSPS) is 34.2. The first-order valence-electron chi connectivity index (χ1n) is 6.53. The van der Waals surface area contributed by atoms with Crippen molar-refractivity contribution >= 4 is 23.4 Å². The summed E-state index contributed by atoms with van der Waals surface area (Å²) in [7, 11) is 0. The van der Waals surface area contributed by atoms with Gasteiger partial charge in [0.25, 0.3) is 5.60 Å². The lowest BCUT2D eigenvalue weighted by molar-refractivity contribution is -0.169. The van der Waals surface area contributed by atoms with E-state index in [1.807, 2.05) is 13.2 Å². The Balaban J connectivity index is 2.41. The van der Waals surface area contributed by atoms with Crippen LogP contribution in [0.2, 0.25) is 0 Å². The van der Waals surface area contributed by atoms with Crippen LogP contribution in [-0.2, 0) is 14.4 Å². The summed E-state index contributed by atoms with van der Waals surface area (Å²) in [5.41, 5.74) is 0.114. The first-order chi connectivity index (χ1) is 8.54. The van der Waals surface area contributed by atoms with Crippen LogP contribution < -0.4 is 0 Å². The second-order valence-corrected chi connectivity index (χ2v) is 6.26. The van der Waals surface area contributed by atoms with Gasteiger partial charge in [0.15, 0.2) is 0 Å². The van der Waals surface area contributed by atoms with E-state index in [4.69, 9.17) is 9.57 Å². The second kappa shape index (κ2) is 4.76. The number of carbonyl (C=O) groups is 1. The monoisotopic (exact) mass is 271 g/mol. The molecule has 2 rings (SSSR count). The van der Waals surface area contributed by atoms with E-state index >= 15 is 0 Å². The standard InChI is InChI=1S/C13H21NO3S/c1-5-16-11(15)12-7-6-8-13(12,18-4)10(9(2)3)14-17-12/h9H,5-8H2,1-4H3. The number of thioether (sulfide) groups is 1. The molecule has 1 heterocycles. The van der Waals surface area contributed by atoms with Gasteiger partial charge in [0.05, 0.1) is 12.3 Å². The highest BCUT2D eigenvalue weighted by Crippen LogP contribution is 2.55. The Morgan fingerprint density at radius 2 is 2.28 bits per heavy atom. The van der Waals surface area contributed by atoms with Crippen molar-refractivity contribution < 1.29 is 14.4 Å². The molecule has 0 aromatic heterocycles. The summed E-state index contributed by atoms with van der Waals surface area (Å²) in [6.07, 6.45) is 4.65. The summed E-state index contributed by atoms with van der Waals surface area (Å²) < 4.78 is 4.91. The van der Waals surface area contributed by atoms with Crippen LogP contribution in [0, 0.1) is 5.92 Å². The largest absolute Gasteiger partial charge is 0.463 e. The molecule has 0 aromatic rings. The van der Waals surface area contributed by atoms with Gasteiger partial charge in [-0.1, -0.05) is 19.0 Å². The molecule has 2 aliphatic rings. The summed E-state index contributed by atoms with van der Waals surface area (Å²) >= 11 is 1.68. The molecule has 0 saturated heterocycles. The fourth-order valence-electron chi connectivity index (χ4n) is 3.14. The van der Waals surface area contributed by atoms with Crippen LogP contribution in [0.25, 0.3) is 0 Å². The van der Waals surface area contributed by atoms with Gasteiger partial charge in [-0.25, -0.2) is 4.79 Å². The molecule has 18 heavy (non-hydrogen) atoms. The molecular weight excluding hydrogens is 250 g/mol. The van der Waals surface area contributed by atoms with Gasteiger partial charge in [0.2, 0.25) is 0 Å². The van der Waals surface area contributed by atoms with Gasteiger partial charge in [-0.15, -0.1) is 11.8 Å². The molecule has 4 nitrogen and oxygen atoms in total. The Kier molecular flexibility index (Phi) is 3.63. The SMILES string of the molecule is CCOC(=O)C12CCCC1(SC)C(C(C)C)=NO2. The Labute approximate surface area is 112 Å². The Morgan fingerprint density at radius 1 is 1.56 bits per heavy atom. The minimum atomic E-state index is -0.887. The van der Waals surface area contributed by atoms with Gasteiger partial charge in [-0.2, -0.15) is 0 Å². The Morgan fingerprint density at radius 3 is 2.83 bits per heavy atom. The van der Waals surface area contributed by atoms with Gasteiger partial charge in [-0.05, 0) is 31.9 Å². The van der Waals surface area contributed by atoms with Crippen molar-refractivity contribution in [1.82, 2.24) is 0 Å². The molecule has 1 fully saturated rings. The zero-order chi connectivity index (χ0) is 13.4. The van der Waals surface area contributed by atoms with E-state index < -0.39 is 5.60 Å². The summed E-state index contributed by atoms with van der Waals surface area (Å²) in [6.45, 7) is 6.40. The number of fused-ring (bicyclic) bond motifs is 1. The van der Waals surface area contributed by atoms with Gasteiger partial charge in [0, 0.05) is 6.42 Å². The van der Waals surface area contributed by atoms with E-state index in [0.29, 0.717) is 13.0 Å². The molecule has 1 aliphatic heterocycles. The predicted molar refractivity (Wildman–Crippen MR) is 72.8 cm³/mol. The van der Waals surface area contributed by atoms with Gasteiger partial charge in [-0.3, -0.25) is 0 Å². The number of ether oxygens (including phenoxy) is 1. The fraction of sp³-hybridized carbons (Fsp3) is 0.846.